The van der Waals surface area contributed by atoms with Gasteiger partial charge < -0.3 is 4.90 Å². The van der Waals surface area contributed by atoms with E-state index in [2.05, 4.69) is 26.2 Å². The van der Waals surface area contributed by atoms with Crippen molar-refractivity contribution in [3.63, 3.8) is 0 Å². The summed E-state index contributed by atoms with van der Waals surface area (Å²) in [6.07, 6.45) is 0.649. The van der Waals surface area contributed by atoms with E-state index < -0.39 is 0 Å². The largest absolute Gasteiger partial charge is 0.327 e. The van der Waals surface area contributed by atoms with E-state index in [1.54, 1.807) is 4.90 Å². The highest BCUT2D eigenvalue weighted by Crippen LogP contribution is 2.27. The maximum atomic E-state index is 11.6. The van der Waals surface area contributed by atoms with Crippen molar-refractivity contribution in [3.05, 3.63) is 9.98 Å². The van der Waals surface area contributed by atoms with Crippen LogP contribution in [0.25, 0.3) is 0 Å². The maximum absolute atomic E-state index is 11.6. The molecule has 0 spiro atoms. The first-order valence-corrected chi connectivity index (χ1v) is 6.50. The second kappa shape index (κ2) is 4.50. The highest BCUT2D eigenvalue weighted by atomic mass is 79.9. The molecule has 1 aliphatic rings. The molecule has 2 rings (SSSR count). The second-order valence-corrected chi connectivity index (χ2v) is 5.07. The zero-order valence-electron chi connectivity index (χ0n) is 8.57. The van der Waals surface area contributed by atoms with E-state index >= 15 is 0 Å². The third-order valence-electron chi connectivity index (χ3n) is 2.35. The maximum Gasteiger partial charge on any atom is 0.249 e. The van der Waals surface area contributed by atoms with Crippen LogP contribution in [0.4, 0.5) is 5.13 Å². The molecule has 1 aliphatic heterocycles. The Balaban J connectivity index is 2.29. The lowest BCUT2D eigenvalue weighted by Gasteiger charge is -2.32. The summed E-state index contributed by atoms with van der Waals surface area (Å²) < 4.78 is 0.723. The summed E-state index contributed by atoms with van der Waals surface area (Å²) >= 11 is 4.67. The molecule has 1 aromatic rings. The average molecular weight is 304 g/mol. The number of nitrogens with zero attached hydrogens (tertiary/aromatic N) is 2. The molecule has 1 saturated heterocycles. The van der Waals surface area contributed by atoms with Gasteiger partial charge in [-0.15, -0.1) is 11.3 Å². The van der Waals surface area contributed by atoms with Gasteiger partial charge in [-0.25, -0.2) is 4.98 Å². The SMILES string of the molecule is CCC1C(=O)NC(=O)CN1c1nc(Br)cs1. The molecule has 0 bridgehead atoms. The van der Waals surface area contributed by atoms with Crippen LogP contribution in [-0.2, 0) is 9.59 Å². The van der Waals surface area contributed by atoms with E-state index in [0.717, 1.165) is 4.60 Å². The number of anilines is 1. The molecule has 1 unspecified atom stereocenters. The molecule has 2 heterocycles. The smallest absolute Gasteiger partial charge is 0.249 e. The third-order valence-corrected chi connectivity index (χ3v) is 3.94. The van der Waals surface area contributed by atoms with Gasteiger partial charge >= 0.3 is 0 Å². The summed E-state index contributed by atoms with van der Waals surface area (Å²) in [6, 6.07) is -0.309. The highest BCUT2D eigenvalue weighted by Gasteiger charge is 2.33. The van der Waals surface area contributed by atoms with Crippen LogP contribution in [0.5, 0.6) is 0 Å². The Hall–Kier alpha value is -0.950. The van der Waals surface area contributed by atoms with Crippen molar-refractivity contribution >= 4 is 44.2 Å². The Morgan fingerprint density at radius 3 is 3.00 bits per heavy atom. The van der Waals surface area contributed by atoms with E-state index in [0.29, 0.717) is 11.6 Å². The van der Waals surface area contributed by atoms with Crippen LogP contribution in [-0.4, -0.2) is 29.4 Å². The number of aromatic nitrogens is 1. The first kappa shape index (κ1) is 11.5. The minimum Gasteiger partial charge on any atom is -0.327 e. The molecule has 1 N–H and O–H groups in total. The fourth-order valence-electron chi connectivity index (χ4n) is 1.65. The summed E-state index contributed by atoms with van der Waals surface area (Å²) in [5, 5.41) is 4.86. The Labute approximate surface area is 105 Å². The van der Waals surface area contributed by atoms with Crippen LogP contribution in [0.2, 0.25) is 0 Å². The molecule has 0 radical (unpaired) electrons. The van der Waals surface area contributed by atoms with Crippen LogP contribution >= 0.6 is 27.3 Å². The van der Waals surface area contributed by atoms with Crippen LogP contribution in [0.15, 0.2) is 9.98 Å². The summed E-state index contributed by atoms with van der Waals surface area (Å²) in [6.45, 7) is 2.10. The predicted molar refractivity (Wildman–Crippen MR) is 64.4 cm³/mol. The highest BCUT2D eigenvalue weighted by molar-refractivity contribution is 9.10. The summed E-state index contributed by atoms with van der Waals surface area (Å²) in [5.74, 6) is -0.522. The van der Waals surface area contributed by atoms with E-state index in [1.807, 2.05) is 12.3 Å². The van der Waals surface area contributed by atoms with Gasteiger partial charge in [-0.05, 0) is 22.4 Å². The second-order valence-electron chi connectivity index (χ2n) is 3.42. The first-order chi connectivity index (χ1) is 7.61. The van der Waals surface area contributed by atoms with Gasteiger partial charge in [0.15, 0.2) is 5.13 Å². The number of hydrogen-bond acceptors (Lipinski definition) is 5. The number of carbonyl (C=O) groups excluding carboxylic acids is 2. The zero-order chi connectivity index (χ0) is 11.7. The van der Waals surface area contributed by atoms with Crippen molar-refractivity contribution in [2.45, 2.75) is 19.4 Å². The number of carbonyl (C=O) groups is 2. The van der Waals surface area contributed by atoms with E-state index in [9.17, 15) is 9.59 Å². The van der Waals surface area contributed by atoms with Gasteiger partial charge in [-0.2, -0.15) is 0 Å². The van der Waals surface area contributed by atoms with Gasteiger partial charge in [0.1, 0.15) is 17.2 Å². The summed E-state index contributed by atoms with van der Waals surface area (Å²) in [7, 11) is 0. The molecule has 5 nitrogen and oxygen atoms in total. The number of hydrogen-bond donors (Lipinski definition) is 1. The van der Waals surface area contributed by atoms with E-state index in [1.165, 1.54) is 11.3 Å². The molecule has 0 aliphatic carbocycles. The van der Waals surface area contributed by atoms with Crippen LogP contribution in [0.1, 0.15) is 13.3 Å². The number of imide groups is 1. The predicted octanol–water partition coefficient (Wildman–Crippen LogP) is 1.15. The molecule has 1 aromatic heterocycles. The number of nitrogens with one attached hydrogen (secondary N) is 1. The number of piperazine rings is 1. The fourth-order valence-corrected chi connectivity index (χ4v) is 2.95. The fraction of sp³-hybridized carbons (Fsp3) is 0.444. The van der Waals surface area contributed by atoms with Crippen molar-refractivity contribution in [3.8, 4) is 0 Å². The van der Waals surface area contributed by atoms with E-state index in [-0.39, 0.29) is 24.4 Å². The van der Waals surface area contributed by atoms with Crippen LogP contribution in [0, 0.1) is 0 Å². The van der Waals surface area contributed by atoms with Crippen molar-refractivity contribution in [2.75, 3.05) is 11.4 Å². The molecule has 16 heavy (non-hydrogen) atoms. The van der Waals surface area contributed by atoms with Gasteiger partial charge in [0, 0.05) is 5.38 Å². The molecule has 7 heteroatoms. The topological polar surface area (TPSA) is 62.3 Å². The lowest BCUT2D eigenvalue weighted by molar-refractivity contribution is -0.132. The van der Waals surface area contributed by atoms with Crippen molar-refractivity contribution < 1.29 is 9.59 Å². The van der Waals surface area contributed by atoms with Crippen molar-refractivity contribution in [1.82, 2.24) is 10.3 Å². The molecule has 0 aromatic carbocycles. The number of halogens is 1. The summed E-state index contributed by atoms with van der Waals surface area (Å²) in [5.41, 5.74) is 0. The molecule has 0 saturated carbocycles. The number of amides is 2. The van der Waals surface area contributed by atoms with Gasteiger partial charge in [0.05, 0.1) is 0 Å². The van der Waals surface area contributed by atoms with Gasteiger partial charge in [0.2, 0.25) is 11.8 Å². The minimum absolute atomic E-state index is 0.185. The third kappa shape index (κ3) is 2.10. The summed E-state index contributed by atoms with van der Waals surface area (Å²) in [4.78, 5) is 28.9. The molecule has 2 amide bonds. The standard InChI is InChI=1S/C9H10BrN3O2S/c1-2-5-8(15)12-7(14)3-13(5)9-11-6(10)4-16-9/h4-5H,2-3H2,1H3,(H,12,14,15). The minimum atomic E-state index is -0.309. The lowest BCUT2D eigenvalue weighted by Crippen LogP contribution is -2.58. The monoisotopic (exact) mass is 303 g/mol. The van der Waals surface area contributed by atoms with E-state index in [4.69, 9.17) is 0 Å². The Morgan fingerprint density at radius 1 is 1.69 bits per heavy atom. The van der Waals surface area contributed by atoms with Crippen molar-refractivity contribution in [2.24, 2.45) is 0 Å². The zero-order valence-corrected chi connectivity index (χ0v) is 11.0. The molecule has 1 atom stereocenters. The molecule has 1 fully saturated rings. The normalized spacial score (nSPS) is 21.1. The molecular formula is C9H10BrN3O2S. The van der Waals surface area contributed by atoms with Crippen molar-refractivity contribution in [1.29, 1.82) is 0 Å². The van der Waals surface area contributed by atoms with Gasteiger partial charge in [0.25, 0.3) is 0 Å². The van der Waals surface area contributed by atoms with Gasteiger partial charge in [-0.1, -0.05) is 6.92 Å². The molecule has 86 valence electrons. The Bertz CT molecular complexity index is 434. The Morgan fingerprint density at radius 2 is 2.44 bits per heavy atom. The van der Waals surface area contributed by atoms with Crippen LogP contribution in [0.3, 0.4) is 0 Å². The number of thiazole rings is 1. The molecular weight excluding hydrogens is 294 g/mol. The number of rotatable bonds is 2. The lowest BCUT2D eigenvalue weighted by atomic mass is 10.1. The average Bonchev–Trinajstić information content (AvgIpc) is 2.63. The quantitative estimate of drug-likeness (QED) is 0.833. The first-order valence-electron chi connectivity index (χ1n) is 4.83. The Kier molecular flexibility index (Phi) is 3.25. The van der Waals surface area contributed by atoms with Gasteiger partial charge in [-0.3, -0.25) is 14.9 Å². The van der Waals surface area contributed by atoms with Crippen LogP contribution < -0.4 is 10.2 Å².